The summed E-state index contributed by atoms with van der Waals surface area (Å²) in [6.45, 7) is 5.65. The number of hydrogen-bond donors (Lipinski definition) is 1. The minimum Gasteiger partial charge on any atom is -0.276 e. The first kappa shape index (κ1) is 13.6. The predicted molar refractivity (Wildman–Crippen MR) is 74.7 cm³/mol. The lowest BCUT2D eigenvalue weighted by Gasteiger charge is -2.09. The number of benzene rings is 1. The third-order valence-corrected chi connectivity index (χ3v) is 4.63. The second-order valence-electron chi connectivity index (χ2n) is 4.62. The molecule has 1 heterocycles. The van der Waals surface area contributed by atoms with Crippen LogP contribution in [0, 0.1) is 20.8 Å². The van der Waals surface area contributed by atoms with Gasteiger partial charge in [-0.1, -0.05) is 6.07 Å². The second-order valence-corrected chi connectivity index (χ2v) is 6.30. The van der Waals surface area contributed by atoms with E-state index < -0.39 is 10.0 Å². The Bertz CT molecular complexity index is 717. The highest BCUT2D eigenvalue weighted by Crippen LogP contribution is 2.20. The highest BCUT2D eigenvalue weighted by molar-refractivity contribution is 7.92. The van der Waals surface area contributed by atoms with Gasteiger partial charge in [-0.2, -0.15) is 5.10 Å². The van der Waals surface area contributed by atoms with Crippen LogP contribution in [-0.2, 0) is 17.1 Å². The first-order valence-electron chi connectivity index (χ1n) is 5.90. The van der Waals surface area contributed by atoms with Crippen LogP contribution in [0.5, 0.6) is 0 Å². The Morgan fingerprint density at radius 1 is 1.16 bits per heavy atom. The van der Waals surface area contributed by atoms with E-state index in [1.165, 1.54) is 6.20 Å². The molecule has 6 heteroatoms. The van der Waals surface area contributed by atoms with E-state index in [0.717, 1.165) is 16.8 Å². The number of nitrogens with zero attached hydrogens (tertiary/aromatic N) is 2. The van der Waals surface area contributed by atoms with Crippen molar-refractivity contribution in [3.63, 3.8) is 0 Å². The Morgan fingerprint density at radius 2 is 1.84 bits per heavy atom. The van der Waals surface area contributed by atoms with Crippen molar-refractivity contribution >= 4 is 15.7 Å². The van der Waals surface area contributed by atoms with Crippen LogP contribution in [0.4, 0.5) is 5.69 Å². The highest BCUT2D eigenvalue weighted by Gasteiger charge is 2.17. The van der Waals surface area contributed by atoms with Crippen LogP contribution in [0.3, 0.4) is 0 Å². The molecule has 0 aliphatic carbocycles. The van der Waals surface area contributed by atoms with Crippen molar-refractivity contribution in [3.8, 4) is 0 Å². The van der Waals surface area contributed by atoms with Gasteiger partial charge < -0.3 is 0 Å². The lowest BCUT2D eigenvalue weighted by molar-refractivity contribution is 0.601. The van der Waals surface area contributed by atoms with Crippen molar-refractivity contribution in [2.24, 2.45) is 7.05 Å². The van der Waals surface area contributed by atoms with Crippen LogP contribution in [0.25, 0.3) is 0 Å². The first-order chi connectivity index (χ1) is 8.81. The number of aromatic nitrogens is 2. The Hall–Kier alpha value is -1.82. The third kappa shape index (κ3) is 2.63. The molecule has 5 nitrogen and oxygen atoms in total. The molecule has 0 radical (unpaired) electrons. The maximum absolute atomic E-state index is 12.3. The molecule has 0 bridgehead atoms. The fraction of sp³-hybridized carbons (Fsp3) is 0.308. The van der Waals surface area contributed by atoms with Crippen LogP contribution < -0.4 is 4.72 Å². The zero-order chi connectivity index (χ0) is 14.2. The first-order valence-corrected chi connectivity index (χ1v) is 7.38. The standard InChI is InChI=1S/C13H17N3O2S/c1-9-5-6-12(7-10(9)2)19(17,18)15-13-8-14-16(4)11(13)3/h5-8,15H,1-4H3. The van der Waals surface area contributed by atoms with Gasteiger partial charge in [0.25, 0.3) is 10.0 Å². The summed E-state index contributed by atoms with van der Waals surface area (Å²) in [6, 6.07) is 5.08. The normalized spacial score (nSPS) is 11.6. The summed E-state index contributed by atoms with van der Waals surface area (Å²) >= 11 is 0. The van der Waals surface area contributed by atoms with E-state index in [1.54, 1.807) is 29.9 Å². The highest BCUT2D eigenvalue weighted by atomic mass is 32.2. The van der Waals surface area contributed by atoms with E-state index in [-0.39, 0.29) is 4.90 Å². The molecule has 0 saturated carbocycles. The molecule has 0 aliphatic heterocycles. The molecule has 0 spiro atoms. The van der Waals surface area contributed by atoms with Crippen LogP contribution in [0.2, 0.25) is 0 Å². The average molecular weight is 279 g/mol. The van der Waals surface area contributed by atoms with E-state index in [4.69, 9.17) is 0 Å². The maximum Gasteiger partial charge on any atom is 0.262 e. The van der Waals surface area contributed by atoms with E-state index in [1.807, 2.05) is 20.8 Å². The molecule has 0 saturated heterocycles. The van der Waals surface area contributed by atoms with Crippen LogP contribution >= 0.6 is 0 Å². The molecule has 0 atom stereocenters. The molecular formula is C13H17N3O2S. The molecule has 1 N–H and O–H groups in total. The van der Waals surface area contributed by atoms with Gasteiger partial charge >= 0.3 is 0 Å². The lowest BCUT2D eigenvalue weighted by Crippen LogP contribution is -2.13. The molecule has 2 aromatic rings. The summed E-state index contributed by atoms with van der Waals surface area (Å²) in [5, 5.41) is 4.02. The summed E-state index contributed by atoms with van der Waals surface area (Å²) in [6.07, 6.45) is 1.51. The summed E-state index contributed by atoms with van der Waals surface area (Å²) in [5.74, 6) is 0. The summed E-state index contributed by atoms with van der Waals surface area (Å²) in [5.41, 5.74) is 3.29. The number of hydrogen-bond acceptors (Lipinski definition) is 3. The third-order valence-electron chi connectivity index (χ3n) is 3.27. The number of rotatable bonds is 3. The largest absolute Gasteiger partial charge is 0.276 e. The van der Waals surface area contributed by atoms with Crippen molar-refractivity contribution < 1.29 is 8.42 Å². The molecule has 0 unspecified atom stereocenters. The minimum absolute atomic E-state index is 0.263. The van der Waals surface area contributed by atoms with E-state index in [0.29, 0.717) is 5.69 Å². The van der Waals surface area contributed by atoms with Crippen molar-refractivity contribution in [1.29, 1.82) is 0 Å². The van der Waals surface area contributed by atoms with Crippen molar-refractivity contribution in [2.75, 3.05) is 4.72 Å². The van der Waals surface area contributed by atoms with E-state index in [9.17, 15) is 8.42 Å². The van der Waals surface area contributed by atoms with Crippen molar-refractivity contribution in [2.45, 2.75) is 25.7 Å². The van der Waals surface area contributed by atoms with Gasteiger partial charge in [0.1, 0.15) is 0 Å². The van der Waals surface area contributed by atoms with E-state index >= 15 is 0 Å². The van der Waals surface area contributed by atoms with Crippen molar-refractivity contribution in [1.82, 2.24) is 9.78 Å². The minimum atomic E-state index is -3.57. The zero-order valence-corrected chi connectivity index (χ0v) is 12.2. The monoisotopic (exact) mass is 279 g/mol. The molecule has 0 amide bonds. The Balaban J connectivity index is 2.37. The maximum atomic E-state index is 12.3. The smallest absolute Gasteiger partial charge is 0.262 e. The molecule has 1 aromatic carbocycles. The fourth-order valence-corrected chi connectivity index (χ4v) is 2.87. The molecule has 1 aromatic heterocycles. The molecular weight excluding hydrogens is 262 g/mol. The SMILES string of the molecule is Cc1ccc(S(=O)(=O)Nc2cnn(C)c2C)cc1C. The van der Waals surface area contributed by atoms with Gasteiger partial charge in [-0.15, -0.1) is 0 Å². The fourth-order valence-electron chi connectivity index (χ4n) is 1.68. The van der Waals surface area contributed by atoms with Gasteiger partial charge in [-0.3, -0.25) is 9.40 Å². The van der Waals surface area contributed by atoms with Gasteiger partial charge in [-0.05, 0) is 44.0 Å². The Morgan fingerprint density at radius 3 is 2.37 bits per heavy atom. The lowest BCUT2D eigenvalue weighted by atomic mass is 10.1. The van der Waals surface area contributed by atoms with Gasteiger partial charge in [-0.25, -0.2) is 8.42 Å². The Kier molecular flexibility index (Phi) is 3.36. The molecule has 0 fully saturated rings. The number of aryl methyl sites for hydroxylation is 3. The molecule has 102 valence electrons. The summed E-state index contributed by atoms with van der Waals surface area (Å²) in [7, 11) is -1.80. The predicted octanol–water partition coefficient (Wildman–Crippen LogP) is 2.15. The Labute approximate surface area is 113 Å². The van der Waals surface area contributed by atoms with Gasteiger partial charge in [0, 0.05) is 7.05 Å². The van der Waals surface area contributed by atoms with Gasteiger partial charge in [0.15, 0.2) is 0 Å². The second kappa shape index (κ2) is 4.70. The van der Waals surface area contributed by atoms with Gasteiger partial charge in [0.2, 0.25) is 0 Å². The molecule has 2 rings (SSSR count). The molecule has 0 aliphatic rings. The number of anilines is 1. The number of sulfonamides is 1. The van der Waals surface area contributed by atoms with Crippen LogP contribution in [0.15, 0.2) is 29.3 Å². The van der Waals surface area contributed by atoms with E-state index in [2.05, 4.69) is 9.82 Å². The number of nitrogens with one attached hydrogen (secondary N) is 1. The summed E-state index contributed by atoms with van der Waals surface area (Å²) in [4.78, 5) is 0.263. The zero-order valence-electron chi connectivity index (χ0n) is 11.4. The van der Waals surface area contributed by atoms with Gasteiger partial charge in [0.05, 0.1) is 22.5 Å². The topological polar surface area (TPSA) is 64.0 Å². The quantitative estimate of drug-likeness (QED) is 0.936. The average Bonchev–Trinajstić information content (AvgIpc) is 2.64. The van der Waals surface area contributed by atoms with Crippen LogP contribution in [-0.4, -0.2) is 18.2 Å². The van der Waals surface area contributed by atoms with Crippen molar-refractivity contribution in [3.05, 3.63) is 41.2 Å². The summed E-state index contributed by atoms with van der Waals surface area (Å²) < 4.78 is 28.7. The van der Waals surface area contributed by atoms with Crippen LogP contribution in [0.1, 0.15) is 16.8 Å². The molecule has 19 heavy (non-hydrogen) atoms.